The lowest BCUT2D eigenvalue weighted by atomic mass is 10.0. The van der Waals surface area contributed by atoms with Gasteiger partial charge in [0.05, 0.1) is 23.3 Å². The van der Waals surface area contributed by atoms with Crippen molar-refractivity contribution in [2.45, 2.75) is 19.4 Å². The van der Waals surface area contributed by atoms with Gasteiger partial charge in [0, 0.05) is 18.3 Å². The standard InChI is InChI=1S/C19H22N6O4S/c1-19(2,22-18(26)12-6-8-25-9-7-21-15(25)10-12)11-29-14-5-3-4-13-16(14)17(20)24-30(27,28)23-13/h3-6,8,10,23H,7,9,11H2,1-2H3,(H2,20,24)(H,22,26). The van der Waals surface area contributed by atoms with Gasteiger partial charge >= 0.3 is 10.2 Å². The average molecular weight is 430 g/mol. The summed E-state index contributed by atoms with van der Waals surface area (Å²) in [6.07, 6.45) is 5.37. The Hall–Kier alpha value is -3.34. The molecule has 0 fully saturated rings. The SMILES string of the molecule is CC(C)(COc1cccc2c1C(N)=NS(=O)(=O)N2)NC(=O)C1=CC2=NCCN2C=C1. The lowest BCUT2D eigenvalue weighted by Gasteiger charge is -2.28. The molecule has 3 aliphatic heterocycles. The van der Waals surface area contributed by atoms with Crippen LogP contribution in [0.2, 0.25) is 0 Å². The van der Waals surface area contributed by atoms with Crippen LogP contribution in [0.5, 0.6) is 5.75 Å². The van der Waals surface area contributed by atoms with E-state index in [9.17, 15) is 13.2 Å². The van der Waals surface area contributed by atoms with Gasteiger partial charge in [0.2, 0.25) is 0 Å². The third-order valence-electron chi connectivity index (χ3n) is 4.67. The highest BCUT2D eigenvalue weighted by Gasteiger charge is 2.28. The first-order valence-electron chi connectivity index (χ1n) is 9.31. The van der Waals surface area contributed by atoms with Crippen LogP contribution in [0.3, 0.4) is 0 Å². The summed E-state index contributed by atoms with van der Waals surface area (Å²) in [6, 6.07) is 4.88. The zero-order valence-electron chi connectivity index (χ0n) is 16.5. The fourth-order valence-electron chi connectivity index (χ4n) is 3.27. The second kappa shape index (κ2) is 7.17. The van der Waals surface area contributed by atoms with E-state index in [1.54, 1.807) is 30.4 Å². The third kappa shape index (κ3) is 4.01. The Morgan fingerprint density at radius 1 is 1.40 bits per heavy atom. The summed E-state index contributed by atoms with van der Waals surface area (Å²) in [6.45, 7) is 5.31. The fourth-order valence-corrected chi connectivity index (χ4v) is 4.11. The molecule has 1 aromatic carbocycles. The van der Waals surface area contributed by atoms with Crippen LogP contribution in [0.15, 0.2) is 51.5 Å². The first kappa shape index (κ1) is 20.0. The van der Waals surface area contributed by atoms with Gasteiger partial charge < -0.3 is 20.7 Å². The zero-order chi connectivity index (χ0) is 21.5. The van der Waals surface area contributed by atoms with Crippen LogP contribution in [0.25, 0.3) is 0 Å². The van der Waals surface area contributed by atoms with Gasteiger partial charge in [-0.1, -0.05) is 6.07 Å². The molecule has 3 heterocycles. The highest BCUT2D eigenvalue weighted by molar-refractivity contribution is 7.91. The molecule has 1 aromatic rings. The van der Waals surface area contributed by atoms with Gasteiger partial charge in [-0.25, -0.2) is 0 Å². The van der Waals surface area contributed by atoms with E-state index in [1.807, 2.05) is 24.9 Å². The second-order valence-corrected chi connectivity index (χ2v) is 9.04. The number of hydrogen-bond acceptors (Lipinski definition) is 7. The Balaban J connectivity index is 1.45. The Morgan fingerprint density at radius 2 is 2.20 bits per heavy atom. The van der Waals surface area contributed by atoms with Crippen LogP contribution >= 0.6 is 0 Å². The van der Waals surface area contributed by atoms with E-state index >= 15 is 0 Å². The van der Waals surface area contributed by atoms with Gasteiger partial charge in [-0.3, -0.25) is 14.5 Å². The normalized spacial score (nSPS) is 19.0. The first-order valence-corrected chi connectivity index (χ1v) is 10.8. The van der Waals surface area contributed by atoms with E-state index < -0.39 is 15.7 Å². The topological polar surface area (TPSA) is 138 Å². The minimum absolute atomic E-state index is 0.124. The predicted octanol–water partition coefficient (Wildman–Crippen LogP) is 0.504. The van der Waals surface area contributed by atoms with Gasteiger partial charge in [-0.05, 0) is 38.1 Å². The second-order valence-electron chi connectivity index (χ2n) is 7.71. The molecule has 0 radical (unpaired) electrons. The number of benzene rings is 1. The van der Waals surface area contributed by atoms with Gasteiger partial charge in [0.15, 0.2) is 5.84 Å². The molecule has 0 spiro atoms. The number of nitrogens with two attached hydrogens (primary N) is 1. The molecule has 1 amide bonds. The Kier molecular flexibility index (Phi) is 4.77. The maximum atomic E-state index is 12.7. The van der Waals surface area contributed by atoms with Crippen molar-refractivity contribution in [3.63, 3.8) is 0 Å². The van der Waals surface area contributed by atoms with Gasteiger partial charge in [-0.15, -0.1) is 4.40 Å². The molecule has 0 aliphatic carbocycles. The summed E-state index contributed by atoms with van der Waals surface area (Å²) in [4.78, 5) is 19.0. The Bertz CT molecular complexity index is 1130. The van der Waals surface area contributed by atoms with E-state index in [1.165, 1.54) is 0 Å². The maximum absolute atomic E-state index is 12.7. The third-order valence-corrected chi connectivity index (χ3v) is 5.58. The predicted molar refractivity (Wildman–Crippen MR) is 114 cm³/mol. The summed E-state index contributed by atoms with van der Waals surface area (Å²) in [5, 5.41) is 2.95. The lowest BCUT2D eigenvalue weighted by Crippen LogP contribution is -2.48. The molecule has 30 heavy (non-hydrogen) atoms. The Morgan fingerprint density at radius 3 is 3.00 bits per heavy atom. The van der Waals surface area contributed by atoms with Crippen molar-refractivity contribution in [3.8, 4) is 5.75 Å². The zero-order valence-corrected chi connectivity index (χ0v) is 17.4. The Labute approximate surface area is 174 Å². The lowest BCUT2D eigenvalue weighted by molar-refractivity contribution is -0.119. The van der Waals surface area contributed by atoms with Crippen molar-refractivity contribution in [1.29, 1.82) is 0 Å². The van der Waals surface area contributed by atoms with Gasteiger partial charge in [-0.2, -0.15) is 8.42 Å². The fraction of sp³-hybridized carbons (Fsp3) is 0.316. The molecule has 158 valence electrons. The number of anilines is 1. The summed E-state index contributed by atoms with van der Waals surface area (Å²) in [5.74, 6) is 0.759. The number of ether oxygens (including phenoxy) is 1. The van der Waals surface area contributed by atoms with E-state index in [4.69, 9.17) is 10.5 Å². The molecular formula is C19H22N6O4S. The molecule has 0 unspecified atom stereocenters. The molecule has 11 heteroatoms. The number of nitrogens with one attached hydrogen (secondary N) is 2. The summed E-state index contributed by atoms with van der Waals surface area (Å²) in [5.41, 5.74) is 6.29. The van der Waals surface area contributed by atoms with Crippen molar-refractivity contribution in [3.05, 3.63) is 47.7 Å². The van der Waals surface area contributed by atoms with Crippen LogP contribution in [0.4, 0.5) is 5.69 Å². The largest absolute Gasteiger partial charge is 0.490 e. The first-order chi connectivity index (χ1) is 14.1. The van der Waals surface area contributed by atoms with Crippen molar-refractivity contribution in [2.75, 3.05) is 24.4 Å². The van der Waals surface area contributed by atoms with Crippen LogP contribution in [0, 0.1) is 0 Å². The number of rotatable bonds is 5. The maximum Gasteiger partial charge on any atom is 0.344 e. The van der Waals surface area contributed by atoms with E-state index in [0.29, 0.717) is 29.1 Å². The number of aliphatic imine (C=N–C) groups is 1. The summed E-state index contributed by atoms with van der Waals surface area (Å²) >= 11 is 0. The quantitative estimate of drug-likeness (QED) is 0.622. The van der Waals surface area contributed by atoms with Crippen molar-refractivity contribution < 1.29 is 17.9 Å². The van der Waals surface area contributed by atoms with Crippen molar-refractivity contribution in [1.82, 2.24) is 10.2 Å². The monoisotopic (exact) mass is 430 g/mol. The number of carbonyl (C=O) groups is 1. The molecule has 0 saturated carbocycles. The van der Waals surface area contributed by atoms with E-state index in [2.05, 4.69) is 19.4 Å². The number of hydrogen-bond donors (Lipinski definition) is 3. The number of nitrogens with zero attached hydrogens (tertiary/aromatic N) is 3. The molecule has 0 saturated heterocycles. The highest BCUT2D eigenvalue weighted by Crippen LogP contribution is 2.31. The van der Waals surface area contributed by atoms with E-state index in [-0.39, 0.29) is 18.3 Å². The smallest absolute Gasteiger partial charge is 0.344 e. The molecule has 3 aliphatic rings. The molecule has 0 aromatic heterocycles. The summed E-state index contributed by atoms with van der Waals surface area (Å²) in [7, 11) is -3.87. The molecule has 0 atom stereocenters. The minimum Gasteiger partial charge on any atom is -0.490 e. The number of amidine groups is 2. The average Bonchev–Trinajstić information content (AvgIpc) is 3.12. The van der Waals surface area contributed by atoms with Crippen LogP contribution < -0.4 is 20.5 Å². The van der Waals surface area contributed by atoms with Crippen LogP contribution in [-0.2, 0) is 15.0 Å². The van der Waals surface area contributed by atoms with Gasteiger partial charge in [0.1, 0.15) is 18.2 Å². The summed E-state index contributed by atoms with van der Waals surface area (Å²) < 4.78 is 35.1. The van der Waals surface area contributed by atoms with Crippen molar-refractivity contribution >= 4 is 33.5 Å². The van der Waals surface area contributed by atoms with Crippen molar-refractivity contribution in [2.24, 2.45) is 15.1 Å². The van der Waals surface area contributed by atoms with Crippen LogP contribution in [-0.4, -0.2) is 56.1 Å². The number of amides is 1. The molecule has 10 nitrogen and oxygen atoms in total. The minimum atomic E-state index is -3.87. The van der Waals surface area contributed by atoms with E-state index in [0.717, 1.165) is 12.4 Å². The number of fused-ring (bicyclic) bond motifs is 2. The highest BCUT2D eigenvalue weighted by atomic mass is 32.2. The molecule has 4 rings (SSSR count). The molecular weight excluding hydrogens is 408 g/mol. The van der Waals surface area contributed by atoms with Gasteiger partial charge in [0.25, 0.3) is 5.91 Å². The molecule has 4 N–H and O–H groups in total. The number of carbonyl (C=O) groups excluding carboxylic acids is 1. The van der Waals surface area contributed by atoms with Crippen LogP contribution in [0.1, 0.15) is 19.4 Å². The molecule has 0 bridgehead atoms.